The molecule has 1 saturated carbocycles. The van der Waals surface area contributed by atoms with E-state index in [0.29, 0.717) is 30.1 Å². The third kappa shape index (κ3) is 8.22. The smallest absolute Gasteiger partial charge is 0.253 e. The molecule has 1 N–H and O–H groups in total. The normalized spacial score (nSPS) is 15.1. The number of hydrogen-bond acceptors (Lipinski definition) is 3. The van der Waals surface area contributed by atoms with E-state index in [-0.39, 0.29) is 17.2 Å². The van der Waals surface area contributed by atoms with Crippen LogP contribution in [-0.2, 0) is 0 Å². The van der Waals surface area contributed by atoms with Crippen molar-refractivity contribution < 1.29 is 9.18 Å². The minimum Gasteiger partial charge on any atom is -0.345 e. The molecule has 0 spiro atoms. The largest absolute Gasteiger partial charge is 0.345 e. The first kappa shape index (κ1) is 32.2. The highest BCUT2D eigenvalue weighted by atomic mass is 19.1. The molecule has 1 aliphatic heterocycles. The summed E-state index contributed by atoms with van der Waals surface area (Å²) in [6.07, 6.45) is 5.68. The zero-order valence-corrected chi connectivity index (χ0v) is 26.6. The van der Waals surface area contributed by atoms with E-state index in [1.807, 2.05) is 17.9 Å². The number of likely N-dealkylation sites (tertiary alicyclic amines) is 1. The van der Waals surface area contributed by atoms with Gasteiger partial charge < -0.3 is 9.80 Å². The zero-order valence-electron chi connectivity index (χ0n) is 26.6. The number of allylic oxidation sites excluding steroid dienone is 1. The van der Waals surface area contributed by atoms with Gasteiger partial charge in [0, 0.05) is 53.6 Å². The summed E-state index contributed by atoms with van der Waals surface area (Å²) in [6, 6.07) is 20.2. The standard InChI is InChI=1S/C33H36FN3O.C5H12/c1-22-8-4-7-11-31(22)37(21-25-12-13-25)24(3)26-16-18-36(19-17-26)33(38)27-14-15-28(23(2)20-27)32(35)29-9-5-6-10-30(29)34;1-4-5(2)3/h4-11,14-15,20,25-26,35H,3,12-13,16-19,21H2,1-2H3;5H,4H2,1-3H3. The zero-order chi connectivity index (χ0) is 31.1. The number of rotatable bonds is 9. The van der Waals surface area contributed by atoms with E-state index in [1.165, 1.54) is 42.3 Å². The molecule has 1 saturated heterocycles. The first-order valence-electron chi connectivity index (χ1n) is 15.9. The third-order valence-electron chi connectivity index (χ3n) is 8.85. The maximum absolute atomic E-state index is 14.2. The van der Waals surface area contributed by atoms with Crippen LogP contribution >= 0.6 is 0 Å². The average Bonchev–Trinajstić information content (AvgIpc) is 3.84. The number of nitrogens with zero attached hydrogens (tertiary/aromatic N) is 2. The first-order chi connectivity index (χ1) is 20.6. The van der Waals surface area contributed by atoms with Crippen molar-refractivity contribution >= 4 is 17.3 Å². The molecule has 0 atom stereocenters. The van der Waals surface area contributed by atoms with Crippen LogP contribution in [0.3, 0.4) is 0 Å². The van der Waals surface area contributed by atoms with Crippen LogP contribution < -0.4 is 4.90 Å². The lowest BCUT2D eigenvalue weighted by molar-refractivity contribution is 0.0701. The van der Waals surface area contributed by atoms with Gasteiger partial charge >= 0.3 is 0 Å². The molecule has 3 aromatic rings. The summed E-state index contributed by atoms with van der Waals surface area (Å²) in [6.45, 7) is 17.6. The molecule has 1 aliphatic carbocycles. The second-order valence-electron chi connectivity index (χ2n) is 12.6. The molecule has 3 aromatic carbocycles. The number of nitrogens with one attached hydrogen (secondary N) is 1. The van der Waals surface area contributed by atoms with E-state index in [1.54, 1.807) is 30.3 Å². The number of hydrogen-bond donors (Lipinski definition) is 1. The number of carbonyl (C=O) groups is 1. The third-order valence-corrected chi connectivity index (χ3v) is 8.85. The lowest BCUT2D eigenvalue weighted by Crippen LogP contribution is -2.41. The van der Waals surface area contributed by atoms with Crippen LogP contribution in [0.5, 0.6) is 0 Å². The number of piperidine rings is 1. The Kier molecular flexibility index (Phi) is 11.0. The molecular formula is C38H48FN3O. The van der Waals surface area contributed by atoms with Gasteiger partial charge in [-0.05, 0) is 92.8 Å². The van der Waals surface area contributed by atoms with Crippen molar-refractivity contribution in [1.82, 2.24) is 4.90 Å². The molecule has 0 bridgehead atoms. The molecule has 0 unspecified atom stereocenters. The van der Waals surface area contributed by atoms with Crippen molar-refractivity contribution in [3.63, 3.8) is 0 Å². The Morgan fingerprint density at radius 1 is 0.953 bits per heavy atom. The summed E-state index contributed by atoms with van der Waals surface area (Å²) in [5.74, 6) is 1.58. The van der Waals surface area contributed by atoms with E-state index in [0.717, 1.165) is 36.8 Å². The predicted octanol–water partition coefficient (Wildman–Crippen LogP) is 9.19. The van der Waals surface area contributed by atoms with Gasteiger partial charge in [-0.2, -0.15) is 0 Å². The van der Waals surface area contributed by atoms with E-state index < -0.39 is 5.82 Å². The van der Waals surface area contributed by atoms with Crippen molar-refractivity contribution in [1.29, 1.82) is 5.41 Å². The molecule has 1 heterocycles. The Bertz CT molecular complexity index is 1430. The fraction of sp³-hybridized carbons (Fsp3) is 0.421. The lowest BCUT2D eigenvalue weighted by Gasteiger charge is -2.38. The van der Waals surface area contributed by atoms with Crippen molar-refractivity contribution in [3.8, 4) is 0 Å². The van der Waals surface area contributed by atoms with Gasteiger partial charge in [-0.15, -0.1) is 0 Å². The Labute approximate surface area is 258 Å². The maximum Gasteiger partial charge on any atom is 0.253 e. The molecule has 5 rings (SSSR count). The van der Waals surface area contributed by atoms with Crippen molar-refractivity contribution in [3.05, 3.63) is 113 Å². The maximum atomic E-state index is 14.2. The number of carbonyl (C=O) groups excluding carboxylic acids is 1. The lowest BCUT2D eigenvalue weighted by atomic mass is 9.91. The average molecular weight is 582 g/mol. The van der Waals surface area contributed by atoms with Crippen molar-refractivity contribution in [2.75, 3.05) is 24.5 Å². The summed E-state index contributed by atoms with van der Waals surface area (Å²) in [7, 11) is 0. The predicted molar refractivity (Wildman–Crippen MR) is 178 cm³/mol. The van der Waals surface area contributed by atoms with E-state index in [2.05, 4.69) is 63.4 Å². The molecule has 0 aromatic heterocycles. The molecule has 0 radical (unpaired) electrons. The number of para-hydroxylation sites is 1. The molecule has 4 nitrogen and oxygen atoms in total. The fourth-order valence-corrected chi connectivity index (χ4v) is 5.50. The number of anilines is 1. The van der Waals surface area contributed by atoms with E-state index in [4.69, 9.17) is 5.41 Å². The van der Waals surface area contributed by atoms with Crippen LogP contribution in [0.4, 0.5) is 10.1 Å². The molecule has 228 valence electrons. The van der Waals surface area contributed by atoms with Gasteiger partial charge in [0.2, 0.25) is 0 Å². The van der Waals surface area contributed by atoms with Crippen LogP contribution in [0.25, 0.3) is 0 Å². The topological polar surface area (TPSA) is 47.4 Å². The monoisotopic (exact) mass is 581 g/mol. The summed E-state index contributed by atoms with van der Waals surface area (Å²) in [5, 5.41) is 8.50. The summed E-state index contributed by atoms with van der Waals surface area (Å²) in [5.41, 5.74) is 6.12. The Balaban J connectivity index is 0.000000782. The number of halogens is 1. The van der Waals surface area contributed by atoms with Gasteiger partial charge in [0.25, 0.3) is 5.91 Å². The van der Waals surface area contributed by atoms with E-state index >= 15 is 0 Å². The fourth-order valence-electron chi connectivity index (χ4n) is 5.50. The summed E-state index contributed by atoms with van der Waals surface area (Å²) < 4.78 is 14.2. The molecule has 43 heavy (non-hydrogen) atoms. The minimum absolute atomic E-state index is 0.00914. The molecule has 2 aliphatic rings. The summed E-state index contributed by atoms with van der Waals surface area (Å²) in [4.78, 5) is 17.7. The van der Waals surface area contributed by atoms with Crippen LogP contribution in [0.15, 0.2) is 79.0 Å². The molecular weight excluding hydrogens is 533 g/mol. The van der Waals surface area contributed by atoms with Gasteiger partial charge in [0.1, 0.15) is 5.82 Å². The van der Waals surface area contributed by atoms with Gasteiger partial charge in [0.05, 0.1) is 5.71 Å². The van der Waals surface area contributed by atoms with Crippen LogP contribution in [0.2, 0.25) is 0 Å². The van der Waals surface area contributed by atoms with Gasteiger partial charge in [-0.3, -0.25) is 10.2 Å². The van der Waals surface area contributed by atoms with Crippen molar-refractivity contribution in [2.45, 2.75) is 66.7 Å². The second kappa shape index (κ2) is 14.6. The van der Waals surface area contributed by atoms with Gasteiger partial charge in [-0.1, -0.05) is 70.2 Å². The SMILES string of the molecule is C=C(C1CCN(C(=O)c2ccc(C(=N)c3ccccc3F)c(C)c2)CC1)N(CC1CC1)c1ccccc1C.CCC(C)C. The van der Waals surface area contributed by atoms with Gasteiger partial charge in [0.15, 0.2) is 0 Å². The highest BCUT2D eigenvalue weighted by Gasteiger charge is 2.31. The second-order valence-corrected chi connectivity index (χ2v) is 12.6. The molecule has 2 fully saturated rings. The summed E-state index contributed by atoms with van der Waals surface area (Å²) >= 11 is 0. The Hall–Kier alpha value is -3.73. The Morgan fingerprint density at radius 3 is 2.16 bits per heavy atom. The van der Waals surface area contributed by atoms with Crippen molar-refractivity contribution in [2.24, 2.45) is 17.8 Å². The molecule has 5 heteroatoms. The quantitative estimate of drug-likeness (QED) is 0.256. The molecule has 1 amide bonds. The Morgan fingerprint density at radius 2 is 1.58 bits per heavy atom. The van der Waals surface area contributed by atoms with Gasteiger partial charge in [-0.25, -0.2) is 4.39 Å². The highest BCUT2D eigenvalue weighted by Crippen LogP contribution is 2.37. The van der Waals surface area contributed by atoms with E-state index in [9.17, 15) is 9.18 Å². The minimum atomic E-state index is -0.417. The number of benzene rings is 3. The van der Waals surface area contributed by atoms with Crippen LogP contribution in [0.1, 0.15) is 85.5 Å². The highest BCUT2D eigenvalue weighted by molar-refractivity contribution is 6.12. The van der Waals surface area contributed by atoms with Crippen LogP contribution in [0, 0.1) is 42.8 Å². The number of aryl methyl sites for hydroxylation is 2. The number of amides is 1. The first-order valence-corrected chi connectivity index (χ1v) is 15.9. The van der Waals surface area contributed by atoms with Crippen LogP contribution in [-0.4, -0.2) is 36.2 Å².